The second kappa shape index (κ2) is 7.59. The summed E-state index contributed by atoms with van der Waals surface area (Å²) in [6.07, 6.45) is 9.55. The second-order valence-corrected chi connectivity index (χ2v) is 8.92. The molecule has 4 aromatic heterocycles. The van der Waals surface area contributed by atoms with Crippen LogP contribution in [0.5, 0.6) is 0 Å². The first-order chi connectivity index (χ1) is 16.1. The summed E-state index contributed by atoms with van der Waals surface area (Å²) in [6, 6.07) is 7.72. The van der Waals surface area contributed by atoms with Crippen molar-refractivity contribution in [3.63, 3.8) is 0 Å². The van der Waals surface area contributed by atoms with Crippen LogP contribution in [0.15, 0.2) is 41.6 Å². The number of H-pyrrole nitrogens is 1. The van der Waals surface area contributed by atoms with Gasteiger partial charge in [0, 0.05) is 42.0 Å². The SMILES string of the molecule is C[C@H](c1ccc(C2CC2)nc1)n1nc(C#N)c2c(=O)[nH]c([C@H]3CC[C@H]3c3ncccn3)nc21. The minimum Gasteiger partial charge on any atom is -0.310 e. The van der Waals surface area contributed by atoms with Gasteiger partial charge in [-0.25, -0.2) is 19.6 Å². The van der Waals surface area contributed by atoms with E-state index >= 15 is 0 Å². The summed E-state index contributed by atoms with van der Waals surface area (Å²) < 4.78 is 1.67. The number of rotatable bonds is 5. The van der Waals surface area contributed by atoms with Gasteiger partial charge in [0.1, 0.15) is 23.1 Å². The van der Waals surface area contributed by atoms with Crippen LogP contribution in [0.1, 0.15) is 85.0 Å². The summed E-state index contributed by atoms with van der Waals surface area (Å²) in [4.78, 5) is 34.1. The summed E-state index contributed by atoms with van der Waals surface area (Å²) >= 11 is 0. The van der Waals surface area contributed by atoms with Crippen molar-refractivity contribution in [2.45, 2.75) is 56.4 Å². The van der Waals surface area contributed by atoms with Crippen molar-refractivity contribution in [1.82, 2.24) is 34.7 Å². The van der Waals surface area contributed by atoms with Crippen molar-refractivity contribution < 1.29 is 0 Å². The third kappa shape index (κ3) is 3.30. The molecule has 0 unspecified atom stereocenters. The molecular formula is C24H22N8O. The van der Waals surface area contributed by atoms with E-state index in [9.17, 15) is 10.1 Å². The lowest BCUT2D eigenvalue weighted by atomic mass is 9.72. The molecule has 2 fully saturated rings. The maximum absolute atomic E-state index is 13.0. The van der Waals surface area contributed by atoms with Crippen molar-refractivity contribution in [2.24, 2.45) is 0 Å². The smallest absolute Gasteiger partial charge is 0.263 e. The third-order valence-corrected chi connectivity index (χ3v) is 6.88. The average Bonchev–Trinajstić information content (AvgIpc) is 3.59. The lowest BCUT2D eigenvalue weighted by Gasteiger charge is -2.34. The number of fused-ring (bicyclic) bond motifs is 1. The van der Waals surface area contributed by atoms with Crippen molar-refractivity contribution >= 4 is 11.0 Å². The highest BCUT2D eigenvalue weighted by molar-refractivity contribution is 5.80. The normalized spacial score (nSPS) is 20.8. The minimum atomic E-state index is -0.341. The second-order valence-electron chi connectivity index (χ2n) is 8.92. The fourth-order valence-electron chi connectivity index (χ4n) is 4.65. The van der Waals surface area contributed by atoms with Gasteiger partial charge >= 0.3 is 0 Å². The highest BCUT2D eigenvalue weighted by atomic mass is 16.1. The predicted octanol–water partition coefficient (Wildman–Crippen LogP) is 3.32. The Labute approximate surface area is 189 Å². The molecule has 164 valence electrons. The summed E-state index contributed by atoms with van der Waals surface area (Å²) in [6.45, 7) is 1.98. The van der Waals surface area contributed by atoms with Crippen LogP contribution in [-0.2, 0) is 0 Å². The molecule has 2 aliphatic rings. The van der Waals surface area contributed by atoms with Crippen molar-refractivity contribution in [1.29, 1.82) is 5.26 Å². The lowest BCUT2D eigenvalue weighted by molar-refractivity contribution is 0.319. The van der Waals surface area contributed by atoms with E-state index in [1.165, 1.54) is 12.8 Å². The van der Waals surface area contributed by atoms with Gasteiger partial charge in [0.15, 0.2) is 11.3 Å². The molecule has 2 aliphatic carbocycles. The van der Waals surface area contributed by atoms with Crippen molar-refractivity contribution in [3.8, 4) is 6.07 Å². The largest absolute Gasteiger partial charge is 0.310 e. The summed E-state index contributed by atoms with van der Waals surface area (Å²) in [5, 5.41) is 14.3. The zero-order chi connectivity index (χ0) is 22.5. The monoisotopic (exact) mass is 438 g/mol. The van der Waals surface area contributed by atoms with Gasteiger partial charge in [0.25, 0.3) is 5.56 Å². The Hall–Kier alpha value is -3.93. The van der Waals surface area contributed by atoms with Gasteiger partial charge in [-0.3, -0.25) is 9.78 Å². The van der Waals surface area contributed by atoms with Crippen LogP contribution in [0.3, 0.4) is 0 Å². The molecule has 2 saturated carbocycles. The van der Waals surface area contributed by atoms with Crippen LogP contribution >= 0.6 is 0 Å². The number of aromatic nitrogens is 7. The first-order valence-corrected chi connectivity index (χ1v) is 11.3. The van der Waals surface area contributed by atoms with Gasteiger partial charge in [-0.15, -0.1) is 0 Å². The zero-order valence-corrected chi connectivity index (χ0v) is 18.1. The van der Waals surface area contributed by atoms with Crippen LogP contribution in [0, 0.1) is 11.3 Å². The van der Waals surface area contributed by atoms with Crippen molar-refractivity contribution in [2.75, 3.05) is 0 Å². The Morgan fingerprint density at radius 2 is 1.91 bits per heavy atom. The molecule has 4 aromatic rings. The maximum atomic E-state index is 13.0. The van der Waals surface area contributed by atoms with Gasteiger partial charge in [0.05, 0.1) is 6.04 Å². The number of nitrogens with zero attached hydrogens (tertiary/aromatic N) is 7. The topological polar surface area (TPSA) is 126 Å². The molecule has 6 rings (SSSR count). The van der Waals surface area contributed by atoms with Gasteiger partial charge in [-0.05, 0) is 50.3 Å². The number of nitrogens with one attached hydrogen (secondary N) is 1. The number of nitriles is 1. The van der Waals surface area contributed by atoms with E-state index in [2.05, 4.69) is 37.2 Å². The molecule has 0 amide bonds. The fraction of sp³-hybridized carbons (Fsp3) is 0.375. The van der Waals surface area contributed by atoms with E-state index in [1.807, 2.05) is 19.2 Å². The molecular weight excluding hydrogens is 416 g/mol. The first kappa shape index (κ1) is 19.7. The standard InChI is InChI=1S/C24H22N8O/c1-13(15-5-8-18(28-12-15)14-3-4-14)32-23-20(19(11-25)31-32)24(33)30-22(29-23)17-7-6-16(17)21-26-9-2-10-27-21/h2,5,8-10,12-14,16-17H,3-4,6-7H2,1H3,(H,29,30,33)/t13-,16-,17+/m1/s1. The Morgan fingerprint density at radius 1 is 1.12 bits per heavy atom. The van der Waals surface area contributed by atoms with E-state index in [-0.39, 0.29) is 34.5 Å². The Bertz CT molecular complexity index is 1430. The van der Waals surface area contributed by atoms with Crippen LogP contribution in [0.2, 0.25) is 0 Å². The van der Waals surface area contributed by atoms with E-state index in [0.29, 0.717) is 17.4 Å². The quantitative estimate of drug-likeness (QED) is 0.506. The molecule has 9 nitrogen and oxygen atoms in total. The predicted molar refractivity (Wildman–Crippen MR) is 120 cm³/mol. The average molecular weight is 438 g/mol. The van der Waals surface area contributed by atoms with Gasteiger partial charge in [0.2, 0.25) is 0 Å². The molecule has 9 heteroatoms. The van der Waals surface area contributed by atoms with Crippen LogP contribution < -0.4 is 5.56 Å². The zero-order valence-electron chi connectivity index (χ0n) is 18.1. The molecule has 0 aromatic carbocycles. The molecule has 3 atom stereocenters. The minimum absolute atomic E-state index is 0.0215. The van der Waals surface area contributed by atoms with Crippen molar-refractivity contribution in [3.05, 3.63) is 75.7 Å². The van der Waals surface area contributed by atoms with E-state index in [1.54, 1.807) is 23.1 Å². The Kier molecular flexibility index (Phi) is 4.54. The van der Waals surface area contributed by atoms with Gasteiger partial charge < -0.3 is 4.98 Å². The van der Waals surface area contributed by atoms with E-state index in [4.69, 9.17) is 4.98 Å². The molecule has 0 aliphatic heterocycles. The molecule has 33 heavy (non-hydrogen) atoms. The molecule has 0 saturated heterocycles. The van der Waals surface area contributed by atoms with Crippen LogP contribution in [0.4, 0.5) is 0 Å². The highest BCUT2D eigenvalue weighted by Gasteiger charge is 2.38. The number of pyridine rings is 1. The molecule has 1 N–H and O–H groups in total. The highest BCUT2D eigenvalue weighted by Crippen LogP contribution is 2.46. The van der Waals surface area contributed by atoms with Gasteiger partial charge in [-0.2, -0.15) is 10.4 Å². The third-order valence-electron chi connectivity index (χ3n) is 6.88. The lowest BCUT2D eigenvalue weighted by Crippen LogP contribution is -2.28. The molecule has 0 radical (unpaired) electrons. The van der Waals surface area contributed by atoms with Gasteiger partial charge in [-0.1, -0.05) is 6.07 Å². The number of aromatic amines is 1. The van der Waals surface area contributed by atoms with E-state index in [0.717, 1.165) is 29.9 Å². The molecule has 4 heterocycles. The first-order valence-electron chi connectivity index (χ1n) is 11.3. The summed E-state index contributed by atoms with van der Waals surface area (Å²) in [5.41, 5.74) is 2.23. The van der Waals surface area contributed by atoms with Crippen LogP contribution in [-0.4, -0.2) is 34.7 Å². The summed E-state index contributed by atoms with van der Waals surface area (Å²) in [7, 11) is 0. The number of hydrogen-bond acceptors (Lipinski definition) is 7. The Balaban J connectivity index is 1.41. The fourth-order valence-corrected chi connectivity index (χ4v) is 4.65. The molecule has 0 spiro atoms. The maximum Gasteiger partial charge on any atom is 0.263 e. The molecule has 0 bridgehead atoms. The van der Waals surface area contributed by atoms with E-state index < -0.39 is 0 Å². The number of hydrogen-bond donors (Lipinski definition) is 1. The summed E-state index contributed by atoms with van der Waals surface area (Å²) in [5.74, 6) is 2.06. The van der Waals surface area contributed by atoms with Crippen LogP contribution in [0.25, 0.3) is 11.0 Å². The Morgan fingerprint density at radius 3 is 2.55 bits per heavy atom.